The summed E-state index contributed by atoms with van der Waals surface area (Å²) in [6.07, 6.45) is 3.23. The van der Waals surface area contributed by atoms with E-state index in [1.807, 2.05) is 37.3 Å². The zero-order valence-corrected chi connectivity index (χ0v) is 11.3. The first-order valence-electron chi connectivity index (χ1n) is 6.32. The highest BCUT2D eigenvalue weighted by Gasteiger charge is 2.14. The second-order valence-corrected chi connectivity index (χ2v) is 4.57. The summed E-state index contributed by atoms with van der Waals surface area (Å²) < 4.78 is 1.69. The van der Waals surface area contributed by atoms with Crippen molar-refractivity contribution < 1.29 is 4.79 Å². The van der Waals surface area contributed by atoms with Crippen LogP contribution in [0.5, 0.6) is 0 Å². The van der Waals surface area contributed by atoms with E-state index in [2.05, 4.69) is 15.4 Å². The first-order valence-corrected chi connectivity index (χ1v) is 6.32. The fourth-order valence-electron chi connectivity index (χ4n) is 2.13. The number of carbonyl (C=O) groups excluding carboxylic acids is 1. The van der Waals surface area contributed by atoms with Crippen molar-refractivity contribution in [3.8, 4) is 11.3 Å². The molecule has 0 radical (unpaired) electrons. The maximum absolute atomic E-state index is 11.8. The Kier molecular flexibility index (Phi) is 2.95. The minimum Gasteiger partial charge on any atom is -0.355 e. The molecule has 5 nitrogen and oxygen atoms in total. The van der Waals surface area contributed by atoms with Crippen LogP contribution in [0, 0.1) is 6.92 Å². The van der Waals surface area contributed by atoms with Gasteiger partial charge in [-0.05, 0) is 13.0 Å². The van der Waals surface area contributed by atoms with E-state index in [1.165, 1.54) is 5.56 Å². The standard InChI is InChI=1S/C15H14N4O/c1-10-3-5-11(6-4-10)13-7-8-17-14-12(15(20)16-2)9-18-19(13)14/h3-9H,1-2H3,(H,16,20). The molecular weight excluding hydrogens is 252 g/mol. The Morgan fingerprint density at radius 1 is 1.20 bits per heavy atom. The molecule has 0 unspecified atom stereocenters. The number of rotatable bonds is 2. The van der Waals surface area contributed by atoms with Crippen LogP contribution in [-0.2, 0) is 0 Å². The number of aromatic nitrogens is 3. The lowest BCUT2D eigenvalue weighted by molar-refractivity contribution is 0.0964. The van der Waals surface area contributed by atoms with Gasteiger partial charge in [-0.25, -0.2) is 9.50 Å². The predicted molar refractivity (Wildman–Crippen MR) is 76.6 cm³/mol. The van der Waals surface area contributed by atoms with E-state index in [0.717, 1.165) is 11.3 Å². The lowest BCUT2D eigenvalue weighted by Gasteiger charge is -2.05. The van der Waals surface area contributed by atoms with Crippen molar-refractivity contribution in [3.63, 3.8) is 0 Å². The summed E-state index contributed by atoms with van der Waals surface area (Å²) in [7, 11) is 1.59. The fraction of sp³-hybridized carbons (Fsp3) is 0.133. The van der Waals surface area contributed by atoms with Crippen molar-refractivity contribution in [2.75, 3.05) is 7.05 Å². The molecule has 2 heterocycles. The minimum atomic E-state index is -0.187. The molecule has 1 amide bonds. The summed E-state index contributed by atoms with van der Waals surface area (Å²) in [5.74, 6) is -0.187. The highest BCUT2D eigenvalue weighted by molar-refractivity contribution is 5.99. The third-order valence-electron chi connectivity index (χ3n) is 3.22. The van der Waals surface area contributed by atoms with Crippen LogP contribution in [0.15, 0.2) is 42.7 Å². The first kappa shape index (κ1) is 12.3. The number of nitrogens with one attached hydrogen (secondary N) is 1. The number of carbonyl (C=O) groups is 1. The Balaban J connectivity index is 2.20. The van der Waals surface area contributed by atoms with Crippen molar-refractivity contribution >= 4 is 11.6 Å². The molecule has 2 aromatic heterocycles. The van der Waals surface area contributed by atoms with Crippen LogP contribution in [0.4, 0.5) is 0 Å². The summed E-state index contributed by atoms with van der Waals surface area (Å²) in [5, 5.41) is 6.87. The molecule has 3 aromatic rings. The average molecular weight is 266 g/mol. The van der Waals surface area contributed by atoms with Crippen molar-refractivity contribution in [2.45, 2.75) is 6.92 Å². The molecule has 0 aliphatic rings. The Bertz CT molecular complexity index is 774. The lowest BCUT2D eigenvalue weighted by Crippen LogP contribution is -2.17. The van der Waals surface area contributed by atoms with E-state index >= 15 is 0 Å². The number of nitrogens with zero attached hydrogens (tertiary/aromatic N) is 3. The van der Waals surface area contributed by atoms with Crippen molar-refractivity contribution in [1.29, 1.82) is 0 Å². The summed E-state index contributed by atoms with van der Waals surface area (Å²) in [6, 6.07) is 10.0. The Morgan fingerprint density at radius 3 is 2.65 bits per heavy atom. The molecule has 0 bridgehead atoms. The van der Waals surface area contributed by atoms with E-state index in [9.17, 15) is 4.79 Å². The molecule has 0 saturated carbocycles. The largest absolute Gasteiger partial charge is 0.355 e. The van der Waals surface area contributed by atoms with E-state index in [-0.39, 0.29) is 5.91 Å². The van der Waals surface area contributed by atoms with Crippen LogP contribution >= 0.6 is 0 Å². The molecule has 0 fully saturated rings. The van der Waals surface area contributed by atoms with Gasteiger partial charge in [-0.1, -0.05) is 29.8 Å². The maximum Gasteiger partial charge on any atom is 0.256 e. The molecule has 3 rings (SSSR count). The van der Waals surface area contributed by atoms with Crippen LogP contribution in [0.1, 0.15) is 15.9 Å². The van der Waals surface area contributed by atoms with Gasteiger partial charge >= 0.3 is 0 Å². The lowest BCUT2D eigenvalue weighted by atomic mass is 10.1. The highest BCUT2D eigenvalue weighted by Crippen LogP contribution is 2.21. The van der Waals surface area contributed by atoms with E-state index in [0.29, 0.717) is 11.2 Å². The van der Waals surface area contributed by atoms with Crippen LogP contribution in [-0.4, -0.2) is 27.6 Å². The number of amides is 1. The number of hydrogen-bond acceptors (Lipinski definition) is 3. The maximum atomic E-state index is 11.8. The van der Waals surface area contributed by atoms with Gasteiger partial charge in [-0.15, -0.1) is 0 Å². The zero-order chi connectivity index (χ0) is 14.1. The molecule has 100 valence electrons. The summed E-state index contributed by atoms with van der Waals surface area (Å²) in [4.78, 5) is 16.0. The monoisotopic (exact) mass is 266 g/mol. The fourth-order valence-corrected chi connectivity index (χ4v) is 2.13. The average Bonchev–Trinajstić information content (AvgIpc) is 2.91. The number of benzene rings is 1. The molecule has 0 saturated heterocycles. The molecule has 0 aliphatic carbocycles. The molecule has 0 aliphatic heterocycles. The van der Waals surface area contributed by atoms with Crippen molar-refractivity contribution in [1.82, 2.24) is 19.9 Å². The molecule has 1 N–H and O–H groups in total. The van der Waals surface area contributed by atoms with Gasteiger partial charge in [0.1, 0.15) is 5.56 Å². The van der Waals surface area contributed by atoms with Crippen molar-refractivity contribution in [3.05, 3.63) is 53.9 Å². The summed E-state index contributed by atoms with van der Waals surface area (Å²) in [5.41, 5.74) is 4.18. The summed E-state index contributed by atoms with van der Waals surface area (Å²) in [6.45, 7) is 2.05. The number of fused-ring (bicyclic) bond motifs is 1. The number of hydrogen-bond donors (Lipinski definition) is 1. The van der Waals surface area contributed by atoms with Gasteiger partial charge in [0.25, 0.3) is 5.91 Å². The normalized spacial score (nSPS) is 10.7. The Labute approximate surface area is 116 Å². The van der Waals surface area contributed by atoms with Crippen LogP contribution in [0.2, 0.25) is 0 Å². The third kappa shape index (κ3) is 1.93. The molecule has 0 atom stereocenters. The van der Waals surface area contributed by atoms with E-state index in [1.54, 1.807) is 24.0 Å². The molecule has 1 aromatic carbocycles. The first-order chi connectivity index (χ1) is 9.70. The van der Waals surface area contributed by atoms with Gasteiger partial charge in [0.15, 0.2) is 5.65 Å². The van der Waals surface area contributed by atoms with Gasteiger partial charge in [-0.3, -0.25) is 4.79 Å². The topological polar surface area (TPSA) is 59.3 Å². The van der Waals surface area contributed by atoms with E-state index in [4.69, 9.17) is 0 Å². The summed E-state index contributed by atoms with van der Waals surface area (Å²) >= 11 is 0. The van der Waals surface area contributed by atoms with E-state index < -0.39 is 0 Å². The Morgan fingerprint density at radius 2 is 1.95 bits per heavy atom. The molecule has 5 heteroatoms. The van der Waals surface area contributed by atoms with Crippen LogP contribution in [0.3, 0.4) is 0 Å². The van der Waals surface area contributed by atoms with Crippen LogP contribution < -0.4 is 5.32 Å². The second kappa shape index (κ2) is 4.77. The second-order valence-electron chi connectivity index (χ2n) is 4.57. The van der Waals surface area contributed by atoms with Gasteiger partial charge in [-0.2, -0.15) is 5.10 Å². The van der Waals surface area contributed by atoms with Crippen LogP contribution in [0.25, 0.3) is 16.9 Å². The van der Waals surface area contributed by atoms with Crippen molar-refractivity contribution in [2.24, 2.45) is 0 Å². The molecule has 0 spiro atoms. The van der Waals surface area contributed by atoms with Gasteiger partial charge in [0, 0.05) is 18.8 Å². The zero-order valence-electron chi connectivity index (χ0n) is 11.3. The van der Waals surface area contributed by atoms with Gasteiger partial charge in [0.05, 0.1) is 11.9 Å². The number of aryl methyl sites for hydroxylation is 1. The molecular formula is C15H14N4O. The third-order valence-corrected chi connectivity index (χ3v) is 3.22. The quantitative estimate of drug-likeness (QED) is 0.772. The smallest absolute Gasteiger partial charge is 0.256 e. The minimum absolute atomic E-state index is 0.187. The van der Waals surface area contributed by atoms with Gasteiger partial charge in [0.2, 0.25) is 0 Å². The SMILES string of the molecule is CNC(=O)c1cnn2c(-c3ccc(C)cc3)ccnc12. The predicted octanol–water partition coefficient (Wildman–Crippen LogP) is 2.06. The Hall–Kier alpha value is -2.69. The van der Waals surface area contributed by atoms with Gasteiger partial charge < -0.3 is 5.32 Å². The highest BCUT2D eigenvalue weighted by atomic mass is 16.1. The molecule has 20 heavy (non-hydrogen) atoms.